The van der Waals surface area contributed by atoms with Gasteiger partial charge >= 0.3 is 0 Å². The molecule has 4 rings (SSSR count). The van der Waals surface area contributed by atoms with Gasteiger partial charge in [-0.3, -0.25) is 0 Å². The van der Waals surface area contributed by atoms with Crippen LogP contribution in [0.5, 0.6) is 23.0 Å². The molecule has 0 saturated heterocycles. The van der Waals surface area contributed by atoms with Gasteiger partial charge in [-0.1, -0.05) is 110 Å². The highest BCUT2D eigenvalue weighted by atomic mass is 35.5. The van der Waals surface area contributed by atoms with E-state index >= 15 is 0 Å². The summed E-state index contributed by atoms with van der Waals surface area (Å²) in [7, 11) is 0. The zero-order chi connectivity index (χ0) is 30.6. The van der Waals surface area contributed by atoms with E-state index in [-0.39, 0.29) is 17.2 Å². The van der Waals surface area contributed by atoms with Crippen molar-refractivity contribution in [2.75, 3.05) is 0 Å². The molecule has 222 valence electrons. The fraction of sp³-hybridized carbons (Fsp3) is 0.273. The van der Waals surface area contributed by atoms with Crippen molar-refractivity contribution in [1.82, 2.24) is 0 Å². The van der Waals surface area contributed by atoms with Gasteiger partial charge in [-0.15, -0.1) is 0 Å². The highest BCUT2D eigenvalue weighted by Gasteiger charge is 2.02. The summed E-state index contributed by atoms with van der Waals surface area (Å²) in [4.78, 5) is 0. The van der Waals surface area contributed by atoms with Gasteiger partial charge in [0.1, 0.15) is 23.0 Å². The molecule has 0 heterocycles. The molecule has 0 bridgehead atoms. The predicted molar refractivity (Wildman–Crippen MR) is 174 cm³/mol. The first kappa shape index (κ1) is 36.3. The molecule has 0 spiro atoms. The van der Waals surface area contributed by atoms with Crippen molar-refractivity contribution in [3.8, 4) is 23.0 Å². The lowest BCUT2D eigenvalue weighted by atomic mass is 10.0. The highest BCUT2D eigenvalue weighted by molar-refractivity contribution is 6.33. The SMILES string of the molecule is CCCCCCCCc1cc(Cl)ccc1O.Cc1cccc(O)c1Cl.Oc1ccc(Cl)cc1.Oc1ccccc1Cl. The van der Waals surface area contributed by atoms with E-state index in [2.05, 4.69) is 6.92 Å². The molecule has 4 nitrogen and oxygen atoms in total. The van der Waals surface area contributed by atoms with Crippen molar-refractivity contribution >= 4 is 46.4 Å². The van der Waals surface area contributed by atoms with Gasteiger partial charge < -0.3 is 20.4 Å². The van der Waals surface area contributed by atoms with Gasteiger partial charge in [-0.25, -0.2) is 0 Å². The molecule has 4 aromatic rings. The Morgan fingerprint density at radius 3 is 1.68 bits per heavy atom. The molecule has 0 aliphatic heterocycles. The van der Waals surface area contributed by atoms with Gasteiger partial charge in [0.2, 0.25) is 0 Å². The zero-order valence-electron chi connectivity index (χ0n) is 23.3. The van der Waals surface area contributed by atoms with E-state index in [9.17, 15) is 5.11 Å². The maximum absolute atomic E-state index is 9.62. The number of phenolic OH excluding ortho intramolecular Hbond substituents is 4. The number of hydrogen-bond acceptors (Lipinski definition) is 4. The Kier molecular flexibility index (Phi) is 18.6. The second-order valence-electron chi connectivity index (χ2n) is 9.13. The minimum absolute atomic E-state index is 0.133. The number of unbranched alkanes of at least 4 members (excludes halogenated alkanes) is 5. The van der Waals surface area contributed by atoms with E-state index in [1.807, 2.05) is 19.1 Å². The first-order chi connectivity index (χ1) is 19.5. The molecule has 0 amide bonds. The topological polar surface area (TPSA) is 80.9 Å². The highest BCUT2D eigenvalue weighted by Crippen LogP contribution is 2.25. The monoisotopic (exact) mass is 638 g/mol. The molecule has 0 aromatic heterocycles. The third-order valence-corrected chi connectivity index (χ3v) is 6.99. The Hall–Kier alpha value is -2.76. The van der Waals surface area contributed by atoms with Crippen LogP contribution in [0.25, 0.3) is 0 Å². The molecule has 4 N–H and O–H groups in total. The fourth-order valence-electron chi connectivity index (χ4n) is 3.37. The first-order valence-electron chi connectivity index (χ1n) is 13.3. The standard InChI is InChI=1S/C14H21ClO.C7H7ClO.2C6H5ClO/c1-2-3-4-5-6-7-8-12-11-13(15)9-10-14(12)16;1-5-3-2-4-6(9)7(5)8;7-5-1-3-6(8)4-2-5;7-5-3-1-2-4-6(5)8/h9-11,16H,2-8H2,1H3;2-4,9H,1H3;2*1-4,8H. The summed E-state index contributed by atoms with van der Waals surface area (Å²) in [6, 6.07) is 23.5. The quantitative estimate of drug-likeness (QED) is 0.152. The zero-order valence-corrected chi connectivity index (χ0v) is 26.4. The molecule has 4 aromatic carbocycles. The Bertz CT molecular complexity index is 1220. The average molecular weight is 640 g/mol. The summed E-state index contributed by atoms with van der Waals surface area (Å²) in [5, 5.41) is 38.3. The second kappa shape index (κ2) is 21.0. The molecule has 0 fully saturated rings. The summed E-state index contributed by atoms with van der Waals surface area (Å²) in [6.07, 6.45) is 8.56. The van der Waals surface area contributed by atoms with E-state index < -0.39 is 0 Å². The molecular weight excluding hydrogens is 602 g/mol. The van der Waals surface area contributed by atoms with Crippen LogP contribution in [0.4, 0.5) is 0 Å². The maximum Gasteiger partial charge on any atom is 0.134 e. The second-order valence-corrected chi connectivity index (χ2v) is 10.8. The Balaban J connectivity index is 0.000000288. The van der Waals surface area contributed by atoms with Gasteiger partial charge in [0.05, 0.1) is 10.0 Å². The van der Waals surface area contributed by atoms with Crippen molar-refractivity contribution in [3.63, 3.8) is 0 Å². The van der Waals surface area contributed by atoms with Crippen LogP contribution >= 0.6 is 46.4 Å². The van der Waals surface area contributed by atoms with Crippen LogP contribution in [0, 0.1) is 6.92 Å². The largest absolute Gasteiger partial charge is 0.508 e. The van der Waals surface area contributed by atoms with Gasteiger partial charge in [0.15, 0.2) is 0 Å². The van der Waals surface area contributed by atoms with Gasteiger partial charge in [-0.05, 0) is 91.6 Å². The van der Waals surface area contributed by atoms with Crippen LogP contribution in [0.3, 0.4) is 0 Å². The minimum atomic E-state index is 0.133. The number of phenols is 4. The number of rotatable bonds is 7. The van der Waals surface area contributed by atoms with Gasteiger partial charge in [0, 0.05) is 10.0 Å². The number of hydrogen-bond donors (Lipinski definition) is 4. The van der Waals surface area contributed by atoms with Crippen molar-refractivity contribution in [2.24, 2.45) is 0 Å². The summed E-state index contributed by atoms with van der Waals surface area (Å²) in [5.41, 5.74) is 1.87. The Morgan fingerprint density at radius 2 is 1.15 bits per heavy atom. The molecule has 41 heavy (non-hydrogen) atoms. The third kappa shape index (κ3) is 16.3. The smallest absolute Gasteiger partial charge is 0.134 e. The van der Waals surface area contributed by atoms with E-state index in [4.69, 9.17) is 61.7 Å². The minimum Gasteiger partial charge on any atom is -0.508 e. The molecule has 0 aliphatic rings. The molecule has 0 radical (unpaired) electrons. The molecule has 0 atom stereocenters. The summed E-state index contributed by atoms with van der Waals surface area (Å²) < 4.78 is 0. The van der Waals surface area contributed by atoms with E-state index in [1.54, 1.807) is 72.8 Å². The van der Waals surface area contributed by atoms with E-state index in [1.165, 1.54) is 32.1 Å². The summed E-state index contributed by atoms with van der Waals surface area (Å²) in [5.74, 6) is 0.901. The van der Waals surface area contributed by atoms with Crippen molar-refractivity contribution in [2.45, 2.75) is 58.8 Å². The lowest BCUT2D eigenvalue weighted by Crippen LogP contribution is -1.87. The normalized spacial score (nSPS) is 9.80. The lowest BCUT2D eigenvalue weighted by molar-refractivity contribution is 0.466. The van der Waals surface area contributed by atoms with Crippen LogP contribution < -0.4 is 0 Å². The van der Waals surface area contributed by atoms with Crippen molar-refractivity contribution < 1.29 is 20.4 Å². The Labute approximate surface area is 263 Å². The molecule has 0 unspecified atom stereocenters. The van der Waals surface area contributed by atoms with Crippen LogP contribution in [-0.2, 0) is 6.42 Å². The van der Waals surface area contributed by atoms with Crippen LogP contribution in [0.1, 0.15) is 56.6 Å². The summed E-state index contributed by atoms with van der Waals surface area (Å²) >= 11 is 22.5. The van der Waals surface area contributed by atoms with Crippen molar-refractivity contribution in [1.29, 1.82) is 0 Å². The van der Waals surface area contributed by atoms with Gasteiger partial charge in [-0.2, -0.15) is 0 Å². The average Bonchev–Trinajstić information content (AvgIpc) is 2.95. The fourth-order valence-corrected chi connectivity index (χ4v) is 3.96. The number of para-hydroxylation sites is 1. The number of aromatic hydroxyl groups is 4. The predicted octanol–water partition coefficient (Wildman–Crippen LogP) is 11.4. The van der Waals surface area contributed by atoms with Crippen molar-refractivity contribution in [3.05, 3.63) is 116 Å². The number of halogens is 4. The first-order valence-corrected chi connectivity index (χ1v) is 14.9. The number of aryl methyl sites for hydroxylation is 2. The Morgan fingerprint density at radius 1 is 0.561 bits per heavy atom. The molecule has 0 saturated carbocycles. The van der Waals surface area contributed by atoms with Gasteiger partial charge in [0.25, 0.3) is 0 Å². The van der Waals surface area contributed by atoms with Crippen LogP contribution in [0.2, 0.25) is 20.1 Å². The molecular formula is C33H38Cl4O4. The van der Waals surface area contributed by atoms with Crippen LogP contribution in [-0.4, -0.2) is 20.4 Å². The summed E-state index contributed by atoms with van der Waals surface area (Å²) in [6.45, 7) is 4.08. The third-order valence-electron chi connectivity index (χ3n) is 5.69. The molecule has 8 heteroatoms. The van der Waals surface area contributed by atoms with Crippen LogP contribution in [0.15, 0.2) is 84.9 Å². The van der Waals surface area contributed by atoms with E-state index in [0.29, 0.717) is 25.8 Å². The lowest BCUT2D eigenvalue weighted by Gasteiger charge is -2.05. The molecule has 0 aliphatic carbocycles. The maximum atomic E-state index is 9.62. The number of benzene rings is 4. The van der Waals surface area contributed by atoms with E-state index in [0.717, 1.165) is 24.0 Å².